The van der Waals surface area contributed by atoms with Crippen LogP contribution in [0.5, 0.6) is 0 Å². The Morgan fingerprint density at radius 3 is 2.23 bits per heavy atom. The first-order valence-electron chi connectivity index (χ1n) is 12.4. The van der Waals surface area contributed by atoms with Crippen LogP contribution in [0.1, 0.15) is 58.6 Å². The molecule has 2 atom stereocenters. The van der Waals surface area contributed by atoms with E-state index in [1.165, 1.54) is 33.4 Å². The topological polar surface area (TPSA) is 53.3 Å². The van der Waals surface area contributed by atoms with E-state index in [9.17, 15) is 10.1 Å². The second-order valence-corrected chi connectivity index (χ2v) is 10.0. The molecule has 35 heavy (non-hydrogen) atoms. The smallest absolute Gasteiger partial charge is 0.410 e. The number of nitrogens with zero attached hydrogens (tertiary/aromatic N) is 2. The molecule has 2 bridgehead atoms. The van der Waals surface area contributed by atoms with Crippen molar-refractivity contribution in [3.63, 3.8) is 0 Å². The summed E-state index contributed by atoms with van der Waals surface area (Å²) in [6.45, 7) is 4.50. The van der Waals surface area contributed by atoms with Gasteiger partial charge < -0.3 is 4.74 Å². The van der Waals surface area contributed by atoms with Crippen LogP contribution >= 0.6 is 0 Å². The van der Waals surface area contributed by atoms with Gasteiger partial charge in [0.15, 0.2) is 0 Å². The van der Waals surface area contributed by atoms with Crippen LogP contribution in [0.15, 0.2) is 66.7 Å². The number of fused-ring (bicyclic) bond motifs is 5. The maximum atomic E-state index is 13.3. The summed E-state index contributed by atoms with van der Waals surface area (Å²) < 4.78 is 6.00. The molecule has 0 N–H and O–H groups in total. The molecule has 1 amide bonds. The monoisotopic (exact) mass is 460 g/mol. The predicted octanol–water partition coefficient (Wildman–Crippen LogP) is 6.74. The first kappa shape index (κ1) is 21.7. The Morgan fingerprint density at radius 1 is 1.00 bits per heavy atom. The number of rotatable bonds is 3. The Hall–Kier alpha value is -3.84. The van der Waals surface area contributed by atoms with E-state index < -0.39 is 0 Å². The number of aryl methyl sites for hydroxylation is 2. The maximum Gasteiger partial charge on any atom is 0.410 e. The number of benzene rings is 3. The van der Waals surface area contributed by atoms with Crippen molar-refractivity contribution in [1.29, 1.82) is 5.26 Å². The van der Waals surface area contributed by atoms with Crippen molar-refractivity contribution >= 4 is 11.7 Å². The van der Waals surface area contributed by atoms with E-state index in [-0.39, 0.29) is 24.1 Å². The lowest BCUT2D eigenvalue weighted by Gasteiger charge is -2.34. The van der Waals surface area contributed by atoms with Crippen LogP contribution < -0.4 is 0 Å². The quantitative estimate of drug-likeness (QED) is 0.435. The maximum absolute atomic E-state index is 13.3. The van der Waals surface area contributed by atoms with Crippen molar-refractivity contribution in [1.82, 2.24) is 4.90 Å². The van der Waals surface area contributed by atoms with Gasteiger partial charge in [0.1, 0.15) is 6.61 Å². The second-order valence-electron chi connectivity index (χ2n) is 10.0. The van der Waals surface area contributed by atoms with Crippen LogP contribution in [0.3, 0.4) is 0 Å². The van der Waals surface area contributed by atoms with Crippen molar-refractivity contribution < 1.29 is 9.53 Å². The Morgan fingerprint density at radius 2 is 1.63 bits per heavy atom. The van der Waals surface area contributed by atoms with Crippen LogP contribution in [0.4, 0.5) is 4.79 Å². The van der Waals surface area contributed by atoms with E-state index in [2.05, 4.69) is 74.5 Å². The summed E-state index contributed by atoms with van der Waals surface area (Å²) in [5.74, 6) is 0.0730. The van der Waals surface area contributed by atoms with Crippen molar-refractivity contribution in [2.45, 2.75) is 51.1 Å². The third-order valence-electron chi connectivity index (χ3n) is 7.93. The van der Waals surface area contributed by atoms with Gasteiger partial charge in [-0.15, -0.1) is 0 Å². The summed E-state index contributed by atoms with van der Waals surface area (Å²) in [7, 11) is 0. The lowest BCUT2D eigenvalue weighted by molar-refractivity contribution is 0.0866. The standard InChI is InChI=1S/C31H28N2O2/c1-19-13-21(17-32)14-20(2)30(19)22-15-23-11-12-24(16-22)33(23)31(34)35-18-29-27-9-5-3-7-25(27)26-8-4-6-10-28(26)29/h3-10,13-15,23-24,29H,11-12,16,18H2,1-2H3. The molecule has 4 nitrogen and oxygen atoms in total. The van der Waals surface area contributed by atoms with Crippen LogP contribution in [-0.4, -0.2) is 29.7 Å². The van der Waals surface area contributed by atoms with E-state index >= 15 is 0 Å². The molecule has 2 heterocycles. The fourth-order valence-electron chi connectivity index (χ4n) is 6.50. The molecule has 0 radical (unpaired) electrons. The van der Waals surface area contributed by atoms with Gasteiger partial charge in [-0.25, -0.2) is 4.79 Å². The van der Waals surface area contributed by atoms with E-state index in [4.69, 9.17) is 4.74 Å². The Labute approximate surface area is 206 Å². The largest absolute Gasteiger partial charge is 0.448 e. The lowest BCUT2D eigenvalue weighted by atomic mass is 9.88. The Balaban J connectivity index is 1.22. The van der Waals surface area contributed by atoms with Crippen LogP contribution in [0.2, 0.25) is 0 Å². The summed E-state index contributed by atoms with van der Waals surface area (Å²) in [6.07, 6.45) is 4.83. The van der Waals surface area contributed by atoms with E-state index in [0.717, 1.165) is 30.4 Å². The van der Waals surface area contributed by atoms with E-state index in [1.54, 1.807) is 0 Å². The highest BCUT2D eigenvalue weighted by atomic mass is 16.6. The van der Waals surface area contributed by atoms with Crippen LogP contribution in [0, 0.1) is 25.2 Å². The number of nitriles is 1. The number of carbonyl (C=O) groups is 1. The number of carbonyl (C=O) groups excluding carboxylic acids is 1. The number of hydrogen-bond donors (Lipinski definition) is 0. The molecular formula is C31H28N2O2. The minimum Gasteiger partial charge on any atom is -0.448 e. The minimum absolute atomic E-state index is 0.0637. The Bertz CT molecular complexity index is 1340. The summed E-state index contributed by atoms with van der Waals surface area (Å²) in [6, 6.07) is 23.2. The molecule has 3 aromatic rings. The fourth-order valence-corrected chi connectivity index (χ4v) is 6.50. The minimum atomic E-state index is -0.206. The molecule has 3 aromatic carbocycles. The van der Waals surface area contributed by atoms with Gasteiger partial charge in [-0.3, -0.25) is 4.90 Å². The highest BCUT2D eigenvalue weighted by Crippen LogP contribution is 2.45. The highest BCUT2D eigenvalue weighted by molar-refractivity contribution is 5.80. The van der Waals surface area contributed by atoms with Gasteiger partial charge in [0.05, 0.1) is 17.7 Å². The first-order valence-corrected chi connectivity index (χ1v) is 12.4. The summed E-state index contributed by atoms with van der Waals surface area (Å²) in [5, 5.41) is 9.29. The number of amides is 1. The molecule has 3 aliphatic rings. The third-order valence-corrected chi connectivity index (χ3v) is 7.93. The average Bonchev–Trinajstić information content (AvgIpc) is 3.33. The van der Waals surface area contributed by atoms with Gasteiger partial charge in [0.2, 0.25) is 0 Å². The number of ether oxygens (including phenoxy) is 1. The molecule has 0 saturated carbocycles. The predicted molar refractivity (Wildman–Crippen MR) is 137 cm³/mol. The molecular weight excluding hydrogens is 432 g/mol. The van der Waals surface area contributed by atoms with Crippen LogP contribution in [-0.2, 0) is 4.74 Å². The molecule has 2 aliphatic heterocycles. The zero-order valence-corrected chi connectivity index (χ0v) is 20.1. The zero-order valence-electron chi connectivity index (χ0n) is 20.1. The second kappa shape index (κ2) is 8.43. The molecule has 174 valence electrons. The molecule has 4 heteroatoms. The lowest BCUT2D eigenvalue weighted by Crippen LogP contribution is -2.43. The molecule has 2 unspecified atom stereocenters. The molecule has 1 saturated heterocycles. The van der Waals surface area contributed by atoms with Gasteiger partial charge in [-0.1, -0.05) is 54.6 Å². The SMILES string of the molecule is Cc1cc(C#N)cc(C)c1C1=CC2CCC(C1)N2C(=O)OCC1c2ccccc2-c2ccccc21. The Kier molecular flexibility index (Phi) is 5.22. The highest BCUT2D eigenvalue weighted by Gasteiger charge is 2.41. The van der Waals surface area contributed by atoms with Crippen molar-refractivity contribution in [3.05, 3.63) is 100 Å². The fraction of sp³-hybridized carbons (Fsp3) is 0.290. The average molecular weight is 461 g/mol. The molecule has 1 fully saturated rings. The normalized spacial score (nSPS) is 20.1. The molecule has 0 spiro atoms. The van der Waals surface area contributed by atoms with Crippen molar-refractivity contribution in [2.75, 3.05) is 6.61 Å². The van der Waals surface area contributed by atoms with Gasteiger partial charge >= 0.3 is 6.09 Å². The molecule has 0 aromatic heterocycles. The van der Waals surface area contributed by atoms with E-state index in [0.29, 0.717) is 12.2 Å². The van der Waals surface area contributed by atoms with Gasteiger partial charge in [0.25, 0.3) is 0 Å². The summed E-state index contributed by atoms with van der Waals surface area (Å²) >= 11 is 0. The van der Waals surface area contributed by atoms with Crippen molar-refractivity contribution in [2.24, 2.45) is 0 Å². The van der Waals surface area contributed by atoms with E-state index in [1.807, 2.05) is 17.0 Å². The molecule has 6 rings (SSSR count). The van der Waals surface area contributed by atoms with Gasteiger partial charge in [-0.2, -0.15) is 5.26 Å². The summed E-state index contributed by atoms with van der Waals surface area (Å²) in [5.41, 5.74) is 10.4. The first-order chi connectivity index (χ1) is 17.0. The molecule has 1 aliphatic carbocycles. The van der Waals surface area contributed by atoms with Crippen LogP contribution in [0.25, 0.3) is 16.7 Å². The number of hydrogen-bond acceptors (Lipinski definition) is 3. The summed E-state index contributed by atoms with van der Waals surface area (Å²) in [4.78, 5) is 15.3. The van der Waals surface area contributed by atoms with Crippen molar-refractivity contribution in [3.8, 4) is 17.2 Å². The third kappa shape index (κ3) is 3.54. The van der Waals surface area contributed by atoms with Gasteiger partial charge in [0, 0.05) is 12.0 Å². The van der Waals surface area contributed by atoms with Gasteiger partial charge in [-0.05, 0) is 89.8 Å². The zero-order chi connectivity index (χ0) is 24.1.